The van der Waals surface area contributed by atoms with E-state index in [1.54, 1.807) is 0 Å². The first kappa shape index (κ1) is 13.5. The quantitative estimate of drug-likeness (QED) is 0.472. The first-order valence-electron chi connectivity index (χ1n) is 5.05. The summed E-state index contributed by atoms with van der Waals surface area (Å²) in [5, 5.41) is 3.77. The van der Waals surface area contributed by atoms with Crippen molar-refractivity contribution in [3.63, 3.8) is 0 Å². The third kappa shape index (κ3) is 3.21. The molecule has 4 heteroatoms. The van der Waals surface area contributed by atoms with Gasteiger partial charge in [0.1, 0.15) is 5.82 Å². The zero-order chi connectivity index (χ0) is 12.1. The Bertz CT molecular complexity index is 380. The van der Waals surface area contributed by atoms with E-state index in [1.165, 1.54) is 12.1 Å². The normalized spacial score (nSPS) is 12.5. The van der Waals surface area contributed by atoms with Crippen LogP contribution in [0.25, 0.3) is 0 Å². The lowest BCUT2D eigenvalue weighted by Crippen LogP contribution is -2.20. The van der Waals surface area contributed by atoms with Crippen LogP contribution in [-0.2, 0) is 0 Å². The number of hydrogen-bond donors (Lipinski definition) is 1. The predicted molar refractivity (Wildman–Crippen MR) is 67.7 cm³/mol. The molecule has 1 nitrogen and oxygen atoms in total. The van der Waals surface area contributed by atoms with Gasteiger partial charge in [-0.3, -0.25) is 0 Å². The number of hydrogen-bond acceptors (Lipinski definition) is 1. The van der Waals surface area contributed by atoms with Gasteiger partial charge in [0, 0.05) is 16.6 Å². The van der Waals surface area contributed by atoms with Gasteiger partial charge >= 0.3 is 0 Å². The van der Waals surface area contributed by atoms with Crippen molar-refractivity contribution < 1.29 is 4.39 Å². The minimum absolute atomic E-state index is 0.0874. The van der Waals surface area contributed by atoms with Crippen LogP contribution in [0.15, 0.2) is 24.8 Å². The summed E-state index contributed by atoms with van der Waals surface area (Å²) in [5.41, 5.74) is 0.604. The highest BCUT2D eigenvalue weighted by molar-refractivity contribution is 6.36. The second kappa shape index (κ2) is 6.24. The van der Waals surface area contributed by atoms with E-state index in [-0.39, 0.29) is 11.1 Å². The fraction of sp³-hybridized carbons (Fsp3) is 0.333. The van der Waals surface area contributed by atoms with Gasteiger partial charge in [-0.25, -0.2) is 4.39 Å². The van der Waals surface area contributed by atoms with E-state index in [2.05, 4.69) is 11.9 Å². The second-order valence-corrected chi connectivity index (χ2v) is 4.30. The molecule has 0 aliphatic carbocycles. The van der Waals surface area contributed by atoms with Crippen LogP contribution in [0, 0.1) is 5.82 Å². The summed E-state index contributed by atoms with van der Waals surface area (Å²) < 4.78 is 13.3. The molecule has 0 spiro atoms. The van der Waals surface area contributed by atoms with Crippen molar-refractivity contribution in [3.05, 3.63) is 46.2 Å². The van der Waals surface area contributed by atoms with Gasteiger partial charge in [-0.15, -0.1) is 6.58 Å². The molecule has 0 radical (unpaired) electrons. The van der Waals surface area contributed by atoms with Crippen molar-refractivity contribution in [2.24, 2.45) is 0 Å². The van der Waals surface area contributed by atoms with Crippen LogP contribution in [0.5, 0.6) is 0 Å². The fourth-order valence-corrected chi connectivity index (χ4v) is 2.14. The van der Waals surface area contributed by atoms with Crippen molar-refractivity contribution in [3.8, 4) is 0 Å². The lowest BCUT2D eigenvalue weighted by molar-refractivity contribution is 0.571. The zero-order valence-corrected chi connectivity index (χ0v) is 10.6. The molecule has 1 N–H and O–H groups in total. The summed E-state index contributed by atoms with van der Waals surface area (Å²) in [6.45, 7) is 6.28. The van der Waals surface area contributed by atoms with Crippen LogP contribution in [0.4, 0.5) is 4.39 Å². The number of benzene rings is 1. The van der Waals surface area contributed by atoms with Gasteiger partial charge in [0.25, 0.3) is 0 Å². The standard InChI is InChI=1S/C12H14Cl2FN/c1-3-4-7-16-8(2)11-9(13)5-6-10(15)12(11)14/h3,5-6,8,16H,1,4,7H2,2H3. The van der Waals surface area contributed by atoms with Crippen LogP contribution < -0.4 is 5.32 Å². The van der Waals surface area contributed by atoms with E-state index in [0.717, 1.165) is 13.0 Å². The molecule has 0 saturated carbocycles. The Labute approximate surface area is 105 Å². The minimum atomic E-state index is -0.446. The first-order chi connectivity index (χ1) is 7.57. The molecule has 1 unspecified atom stereocenters. The highest BCUT2D eigenvalue weighted by Crippen LogP contribution is 2.32. The molecule has 0 aliphatic rings. The molecule has 16 heavy (non-hydrogen) atoms. The number of nitrogens with one attached hydrogen (secondary N) is 1. The number of rotatable bonds is 5. The molecule has 1 rings (SSSR count). The highest BCUT2D eigenvalue weighted by atomic mass is 35.5. The lowest BCUT2D eigenvalue weighted by atomic mass is 10.1. The molecule has 0 saturated heterocycles. The molecule has 1 aromatic carbocycles. The smallest absolute Gasteiger partial charge is 0.142 e. The Hall–Kier alpha value is -0.570. The molecule has 88 valence electrons. The van der Waals surface area contributed by atoms with Gasteiger partial charge in [-0.2, -0.15) is 0 Å². The topological polar surface area (TPSA) is 12.0 Å². The van der Waals surface area contributed by atoms with Crippen LogP contribution in [0.2, 0.25) is 10.0 Å². The van der Waals surface area contributed by atoms with Crippen molar-refractivity contribution in [1.29, 1.82) is 0 Å². The summed E-state index contributed by atoms with van der Waals surface area (Å²) in [6.07, 6.45) is 2.66. The summed E-state index contributed by atoms with van der Waals surface area (Å²) in [5.74, 6) is -0.446. The van der Waals surface area contributed by atoms with Crippen LogP contribution in [0.3, 0.4) is 0 Å². The first-order valence-corrected chi connectivity index (χ1v) is 5.81. The molecular formula is C12H14Cl2FN. The third-order valence-electron chi connectivity index (χ3n) is 2.31. The summed E-state index contributed by atoms with van der Waals surface area (Å²) in [4.78, 5) is 0. The van der Waals surface area contributed by atoms with Gasteiger partial charge in [-0.1, -0.05) is 29.3 Å². The van der Waals surface area contributed by atoms with Crippen molar-refractivity contribution in [1.82, 2.24) is 5.32 Å². The Morgan fingerprint density at radius 3 is 2.81 bits per heavy atom. The number of halogens is 3. The van der Waals surface area contributed by atoms with Gasteiger partial charge in [-0.05, 0) is 32.0 Å². The van der Waals surface area contributed by atoms with Gasteiger partial charge < -0.3 is 5.32 Å². The highest BCUT2D eigenvalue weighted by Gasteiger charge is 2.16. The average molecular weight is 262 g/mol. The maximum atomic E-state index is 13.3. The molecule has 1 atom stereocenters. The summed E-state index contributed by atoms with van der Waals surface area (Å²) in [7, 11) is 0. The summed E-state index contributed by atoms with van der Waals surface area (Å²) in [6, 6.07) is 2.70. The predicted octanol–water partition coefficient (Wildman–Crippen LogP) is 4.36. The molecule has 0 aromatic heterocycles. The van der Waals surface area contributed by atoms with Gasteiger partial charge in [0.2, 0.25) is 0 Å². The lowest BCUT2D eigenvalue weighted by Gasteiger charge is -2.17. The molecule has 0 amide bonds. The van der Waals surface area contributed by atoms with E-state index in [4.69, 9.17) is 23.2 Å². The fourth-order valence-electron chi connectivity index (χ4n) is 1.44. The SMILES string of the molecule is C=CCCNC(C)c1c(Cl)ccc(F)c1Cl. The van der Waals surface area contributed by atoms with Gasteiger partial charge in [0.05, 0.1) is 5.02 Å². The zero-order valence-electron chi connectivity index (χ0n) is 9.06. The van der Waals surface area contributed by atoms with Crippen molar-refractivity contribution >= 4 is 23.2 Å². The maximum absolute atomic E-state index is 13.3. The van der Waals surface area contributed by atoms with E-state index in [0.29, 0.717) is 10.6 Å². The van der Waals surface area contributed by atoms with E-state index in [9.17, 15) is 4.39 Å². The largest absolute Gasteiger partial charge is 0.310 e. The Morgan fingerprint density at radius 2 is 2.19 bits per heavy atom. The van der Waals surface area contributed by atoms with Gasteiger partial charge in [0.15, 0.2) is 0 Å². The Morgan fingerprint density at radius 1 is 1.50 bits per heavy atom. The molecule has 0 heterocycles. The van der Waals surface area contributed by atoms with Crippen LogP contribution in [0.1, 0.15) is 24.9 Å². The molecule has 0 aliphatic heterocycles. The van der Waals surface area contributed by atoms with Crippen LogP contribution in [-0.4, -0.2) is 6.54 Å². The van der Waals surface area contributed by atoms with E-state index >= 15 is 0 Å². The Kier molecular flexibility index (Phi) is 5.26. The third-order valence-corrected chi connectivity index (χ3v) is 3.03. The van der Waals surface area contributed by atoms with E-state index < -0.39 is 5.82 Å². The molecule has 1 aromatic rings. The molecular weight excluding hydrogens is 248 g/mol. The monoisotopic (exact) mass is 261 g/mol. The molecule has 0 bridgehead atoms. The van der Waals surface area contributed by atoms with Crippen LogP contribution >= 0.6 is 23.2 Å². The second-order valence-electron chi connectivity index (χ2n) is 3.51. The minimum Gasteiger partial charge on any atom is -0.310 e. The maximum Gasteiger partial charge on any atom is 0.142 e. The van der Waals surface area contributed by atoms with Crippen molar-refractivity contribution in [2.75, 3.05) is 6.54 Å². The van der Waals surface area contributed by atoms with E-state index in [1.807, 2.05) is 13.0 Å². The average Bonchev–Trinajstić information content (AvgIpc) is 2.24. The van der Waals surface area contributed by atoms with Crippen molar-refractivity contribution in [2.45, 2.75) is 19.4 Å². The molecule has 0 fully saturated rings. The summed E-state index contributed by atoms with van der Waals surface area (Å²) >= 11 is 11.9. The Balaban J connectivity index is 2.85.